The second-order valence-electron chi connectivity index (χ2n) is 7.41. The first kappa shape index (κ1) is 16.4. The van der Waals surface area contributed by atoms with Crippen molar-refractivity contribution in [2.24, 2.45) is 0 Å². The van der Waals surface area contributed by atoms with E-state index in [-0.39, 0.29) is 20.0 Å². The average molecular weight is 335 g/mol. The Hall–Kier alpha value is -0.426. The third-order valence-electron chi connectivity index (χ3n) is 5.39. The van der Waals surface area contributed by atoms with Crippen molar-refractivity contribution >= 4 is 19.8 Å². The van der Waals surface area contributed by atoms with E-state index in [1.54, 1.807) is 0 Å². The smallest absolute Gasteiger partial charge is 0.0640 e. The van der Waals surface area contributed by atoms with Gasteiger partial charge in [0.25, 0.3) is 0 Å². The van der Waals surface area contributed by atoms with Crippen LogP contribution in [0.2, 0.25) is 0 Å². The quantitative estimate of drug-likeness (QED) is 0.766. The van der Waals surface area contributed by atoms with Crippen LogP contribution in [0.15, 0.2) is 30.3 Å². The van der Waals surface area contributed by atoms with Crippen LogP contribution in [-0.4, -0.2) is 43.4 Å². The first-order chi connectivity index (χ1) is 10.7. The Morgan fingerprint density at radius 2 is 1.68 bits per heavy atom. The average Bonchev–Trinajstić information content (AvgIpc) is 2.55. The molecule has 1 aromatic carbocycles. The van der Waals surface area contributed by atoms with Gasteiger partial charge in [-0.2, -0.15) is 0 Å². The number of rotatable bonds is 5. The molecular weight excluding hydrogens is 304 g/mol. The summed E-state index contributed by atoms with van der Waals surface area (Å²) in [4.78, 5) is 0. The number of benzene rings is 1. The molecule has 2 saturated heterocycles. The van der Waals surface area contributed by atoms with Gasteiger partial charge in [0.1, 0.15) is 0 Å². The van der Waals surface area contributed by atoms with E-state index in [9.17, 15) is 0 Å². The predicted octanol–water partition coefficient (Wildman–Crippen LogP) is 1.90. The maximum atomic E-state index is 6.46. The summed E-state index contributed by atoms with van der Waals surface area (Å²) >= 11 is 0. The first-order valence-electron chi connectivity index (χ1n) is 9.02. The summed E-state index contributed by atoms with van der Waals surface area (Å²) in [6.45, 7) is 1.94. The lowest BCUT2D eigenvalue weighted by molar-refractivity contribution is -0.0929. The summed E-state index contributed by atoms with van der Waals surface area (Å²) in [6, 6.07) is 12.3. The molecule has 0 radical (unpaired) electrons. The Labute approximate surface area is 140 Å². The van der Waals surface area contributed by atoms with Gasteiger partial charge in [-0.25, -0.2) is 0 Å². The van der Waals surface area contributed by atoms with Gasteiger partial charge in [0.05, 0.1) is 20.0 Å². The molecule has 2 heterocycles. The second kappa shape index (κ2) is 7.43. The van der Waals surface area contributed by atoms with Crippen molar-refractivity contribution in [3.05, 3.63) is 35.9 Å². The lowest BCUT2D eigenvalue weighted by Crippen LogP contribution is -2.52. The molecule has 0 spiro atoms. The molecule has 4 heteroatoms. The maximum Gasteiger partial charge on any atom is 0.0640 e. The fourth-order valence-electron chi connectivity index (χ4n) is 4.16. The van der Waals surface area contributed by atoms with Crippen molar-refractivity contribution in [3.8, 4) is 0 Å². The highest BCUT2D eigenvalue weighted by Crippen LogP contribution is 2.36. The molecule has 2 atom stereocenters. The highest BCUT2D eigenvalue weighted by atomic mass is 28.2. The molecule has 2 aliphatic heterocycles. The Morgan fingerprint density at radius 1 is 0.955 bits per heavy atom. The van der Waals surface area contributed by atoms with Crippen molar-refractivity contribution in [3.63, 3.8) is 0 Å². The molecule has 1 aromatic rings. The molecule has 22 heavy (non-hydrogen) atoms. The van der Waals surface area contributed by atoms with Crippen LogP contribution in [0.3, 0.4) is 0 Å². The molecule has 0 N–H and O–H groups in total. The fraction of sp³-hybridized carbons (Fsp3) is 0.667. The van der Waals surface area contributed by atoms with E-state index < -0.39 is 0 Å². The van der Waals surface area contributed by atoms with E-state index in [0.29, 0.717) is 0 Å². The first-order valence-corrected chi connectivity index (χ1v) is 11.7. The molecule has 2 fully saturated rings. The fourth-order valence-corrected chi connectivity index (χ4v) is 8.44. The summed E-state index contributed by atoms with van der Waals surface area (Å²) < 4.78 is 12.7. The van der Waals surface area contributed by atoms with Crippen LogP contribution < -0.4 is 0 Å². The highest BCUT2D eigenvalue weighted by Gasteiger charge is 2.41. The van der Waals surface area contributed by atoms with E-state index in [4.69, 9.17) is 9.47 Å². The summed E-state index contributed by atoms with van der Waals surface area (Å²) in [5, 5.41) is 0.395. The monoisotopic (exact) mass is 334 g/mol. The summed E-state index contributed by atoms with van der Waals surface area (Å²) in [5.74, 6) is 0. The van der Waals surface area contributed by atoms with Gasteiger partial charge in [0, 0.05) is 23.5 Å². The second-order valence-corrected chi connectivity index (χ2v) is 11.5. The molecule has 2 nitrogen and oxygen atoms in total. The van der Waals surface area contributed by atoms with Crippen LogP contribution in [0, 0.1) is 0 Å². The molecule has 0 amide bonds. The zero-order chi connectivity index (χ0) is 15.3. The van der Waals surface area contributed by atoms with Crippen molar-refractivity contribution in [2.75, 3.05) is 13.2 Å². The summed E-state index contributed by atoms with van der Waals surface area (Å²) in [6.07, 6.45) is 8.92. The Kier molecular flexibility index (Phi) is 5.55. The molecular formula is C18H30O2Si2. The van der Waals surface area contributed by atoms with Gasteiger partial charge >= 0.3 is 0 Å². The molecule has 3 rings (SSSR count). The van der Waals surface area contributed by atoms with Crippen LogP contribution in [0.1, 0.15) is 50.5 Å². The molecule has 2 aliphatic rings. The highest BCUT2D eigenvalue weighted by molar-refractivity contribution is 6.39. The molecule has 0 aliphatic carbocycles. The van der Waals surface area contributed by atoms with Gasteiger partial charge in [-0.3, -0.25) is 0 Å². The third-order valence-corrected chi connectivity index (χ3v) is 9.08. The number of ether oxygens (including phenoxy) is 2. The lowest BCUT2D eigenvalue weighted by atomic mass is 9.97. The van der Waals surface area contributed by atoms with E-state index in [1.807, 2.05) is 0 Å². The maximum absolute atomic E-state index is 6.46. The zero-order valence-corrected chi connectivity index (χ0v) is 17.4. The van der Waals surface area contributed by atoms with Crippen LogP contribution in [0.25, 0.3) is 0 Å². The molecule has 122 valence electrons. The van der Waals surface area contributed by atoms with Gasteiger partial charge in [0.2, 0.25) is 0 Å². The minimum absolute atomic E-state index is 0.194. The minimum atomic E-state index is -0.302. The van der Waals surface area contributed by atoms with Crippen molar-refractivity contribution < 1.29 is 9.47 Å². The molecule has 0 aromatic heterocycles. The molecule has 0 bridgehead atoms. The topological polar surface area (TPSA) is 18.5 Å². The number of hydrogen-bond donors (Lipinski definition) is 0. The predicted molar refractivity (Wildman–Crippen MR) is 98.3 cm³/mol. The van der Waals surface area contributed by atoms with Crippen molar-refractivity contribution in [1.29, 1.82) is 0 Å². The lowest BCUT2D eigenvalue weighted by Gasteiger charge is -2.45. The summed E-state index contributed by atoms with van der Waals surface area (Å²) in [7, 11) is 0.842. The van der Waals surface area contributed by atoms with Crippen LogP contribution >= 0.6 is 0 Å². The SMILES string of the molecule is [SiH3]C1(CC2([SiH2]Cc3ccccc3)CCCCO2)CCCCO1. The van der Waals surface area contributed by atoms with Gasteiger partial charge in [-0.1, -0.05) is 35.9 Å². The van der Waals surface area contributed by atoms with E-state index in [1.165, 1.54) is 56.6 Å². The standard InChI is InChI=1S/C18H30O2Si2/c21-17(10-4-6-12-19-17)15-18(11-5-7-13-20-18)22-14-16-8-2-1-3-9-16/h1-3,8-9H,4-7,10-15,22H2,21H3. The van der Waals surface area contributed by atoms with E-state index in [0.717, 1.165) is 23.5 Å². The van der Waals surface area contributed by atoms with Gasteiger partial charge in [-0.15, -0.1) is 0 Å². The Morgan fingerprint density at radius 3 is 2.32 bits per heavy atom. The Bertz CT molecular complexity index is 451. The minimum Gasteiger partial charge on any atom is -0.379 e. The van der Waals surface area contributed by atoms with Crippen LogP contribution in [-0.2, 0) is 15.5 Å². The van der Waals surface area contributed by atoms with Crippen molar-refractivity contribution in [1.82, 2.24) is 0 Å². The van der Waals surface area contributed by atoms with Gasteiger partial charge in [0.15, 0.2) is 0 Å². The van der Waals surface area contributed by atoms with Crippen LogP contribution in [0.4, 0.5) is 0 Å². The zero-order valence-electron chi connectivity index (χ0n) is 14.0. The van der Waals surface area contributed by atoms with E-state index in [2.05, 4.69) is 30.3 Å². The number of hydrogen-bond acceptors (Lipinski definition) is 2. The largest absolute Gasteiger partial charge is 0.379 e. The summed E-state index contributed by atoms with van der Waals surface area (Å²) in [5.41, 5.74) is 1.50. The Balaban J connectivity index is 1.67. The molecule has 0 saturated carbocycles. The van der Waals surface area contributed by atoms with Crippen molar-refractivity contribution in [2.45, 2.75) is 61.4 Å². The van der Waals surface area contributed by atoms with Gasteiger partial charge < -0.3 is 9.47 Å². The molecule has 2 unspecified atom stereocenters. The normalized spacial score (nSPS) is 33.5. The van der Waals surface area contributed by atoms with E-state index >= 15 is 0 Å². The van der Waals surface area contributed by atoms with Crippen LogP contribution in [0.5, 0.6) is 0 Å². The van der Waals surface area contributed by atoms with Gasteiger partial charge in [-0.05, 0) is 51.0 Å². The third kappa shape index (κ3) is 4.31.